The van der Waals surface area contributed by atoms with Crippen LogP contribution in [0.4, 0.5) is 11.4 Å². The molecule has 0 aliphatic rings. The number of nitrogens with one attached hydrogen (secondary N) is 2. The predicted octanol–water partition coefficient (Wildman–Crippen LogP) is 1.53. The summed E-state index contributed by atoms with van der Waals surface area (Å²) in [4.78, 5) is 13.8. The highest BCUT2D eigenvalue weighted by Crippen LogP contribution is 2.38. The molecule has 2 aromatic heterocycles. The Labute approximate surface area is 166 Å². The SMILES string of the molecule is [2H]C([2H])([2H])NC(=O)c1nnccc1Nc1cc(COC)cc(-c2cnn(C)n2)c1OC. The Bertz CT molecular complexity index is 1090. The minimum absolute atomic E-state index is 0.182. The zero-order chi connectivity index (χ0) is 22.6. The second-order valence-corrected chi connectivity index (χ2v) is 5.75. The van der Waals surface area contributed by atoms with Crippen molar-refractivity contribution in [1.29, 1.82) is 0 Å². The maximum atomic E-state index is 12.4. The summed E-state index contributed by atoms with van der Waals surface area (Å²) in [6.45, 7) is -2.35. The highest BCUT2D eigenvalue weighted by molar-refractivity contribution is 5.98. The maximum absolute atomic E-state index is 12.4. The van der Waals surface area contributed by atoms with E-state index in [1.807, 2.05) is 11.4 Å². The molecule has 0 radical (unpaired) electrons. The van der Waals surface area contributed by atoms with Crippen LogP contribution in [0.15, 0.2) is 30.6 Å². The summed E-state index contributed by atoms with van der Waals surface area (Å²) in [6.07, 6.45) is 2.98. The van der Waals surface area contributed by atoms with Gasteiger partial charge in [-0.05, 0) is 23.8 Å². The minimum Gasteiger partial charge on any atom is -0.494 e. The van der Waals surface area contributed by atoms with E-state index < -0.39 is 12.9 Å². The van der Waals surface area contributed by atoms with Gasteiger partial charge in [-0.2, -0.15) is 20.1 Å². The maximum Gasteiger partial charge on any atom is 0.273 e. The molecule has 0 bridgehead atoms. The molecule has 0 unspecified atom stereocenters. The van der Waals surface area contributed by atoms with Crippen LogP contribution >= 0.6 is 0 Å². The van der Waals surface area contributed by atoms with E-state index in [4.69, 9.17) is 13.6 Å². The summed E-state index contributed by atoms with van der Waals surface area (Å²) in [5.41, 5.74) is 2.60. The molecule has 1 amide bonds. The number of ether oxygens (including phenoxy) is 2. The Morgan fingerprint density at radius 2 is 2.18 bits per heavy atom. The fraction of sp³-hybridized carbons (Fsp3) is 0.278. The predicted molar refractivity (Wildman–Crippen MR) is 102 cm³/mol. The summed E-state index contributed by atoms with van der Waals surface area (Å²) < 4.78 is 32.6. The van der Waals surface area contributed by atoms with Gasteiger partial charge in [0.15, 0.2) is 11.4 Å². The van der Waals surface area contributed by atoms with Gasteiger partial charge in [0, 0.05) is 30.8 Å². The number of hydrogen-bond donors (Lipinski definition) is 2. The molecule has 10 nitrogen and oxygen atoms in total. The largest absolute Gasteiger partial charge is 0.494 e. The number of methoxy groups -OCH3 is 2. The van der Waals surface area contributed by atoms with Crippen molar-refractivity contribution in [2.45, 2.75) is 6.61 Å². The number of nitrogens with zero attached hydrogens (tertiary/aromatic N) is 5. The summed E-state index contributed by atoms with van der Waals surface area (Å²) >= 11 is 0. The average molecular weight is 386 g/mol. The molecule has 3 aromatic rings. The van der Waals surface area contributed by atoms with Gasteiger partial charge in [0.2, 0.25) is 0 Å². The van der Waals surface area contributed by atoms with Gasteiger partial charge in [-0.3, -0.25) is 4.79 Å². The highest BCUT2D eigenvalue weighted by Gasteiger charge is 2.19. The number of rotatable bonds is 7. The third kappa shape index (κ3) is 3.91. The number of carbonyl (C=O) groups is 1. The Hall–Kier alpha value is -3.53. The lowest BCUT2D eigenvalue weighted by Gasteiger charge is -2.17. The van der Waals surface area contributed by atoms with E-state index in [1.165, 1.54) is 24.2 Å². The van der Waals surface area contributed by atoms with Crippen LogP contribution < -0.4 is 15.4 Å². The lowest BCUT2D eigenvalue weighted by atomic mass is 10.0. The van der Waals surface area contributed by atoms with Crippen molar-refractivity contribution in [3.8, 4) is 17.0 Å². The lowest BCUT2D eigenvalue weighted by Crippen LogP contribution is -2.21. The van der Waals surface area contributed by atoms with Crippen LogP contribution in [0.2, 0.25) is 0 Å². The molecule has 0 atom stereocenters. The topological polar surface area (TPSA) is 116 Å². The van der Waals surface area contributed by atoms with Crippen molar-refractivity contribution in [1.82, 2.24) is 30.5 Å². The first-order chi connectivity index (χ1) is 14.7. The third-order valence-corrected chi connectivity index (χ3v) is 3.86. The van der Waals surface area contributed by atoms with Crippen LogP contribution in [0.3, 0.4) is 0 Å². The van der Waals surface area contributed by atoms with E-state index >= 15 is 0 Å². The summed E-state index contributed by atoms with van der Waals surface area (Å²) in [6, 6.07) is 5.16. The molecular formula is C18H21N7O3. The van der Waals surface area contributed by atoms with Gasteiger partial charge < -0.3 is 20.1 Å². The minimum atomic E-state index is -2.67. The van der Waals surface area contributed by atoms with Crippen molar-refractivity contribution < 1.29 is 18.4 Å². The molecule has 0 saturated heterocycles. The van der Waals surface area contributed by atoms with Gasteiger partial charge in [0.05, 0.1) is 37.5 Å². The third-order valence-electron chi connectivity index (χ3n) is 3.86. The fourth-order valence-electron chi connectivity index (χ4n) is 2.72. The second-order valence-electron chi connectivity index (χ2n) is 5.75. The van der Waals surface area contributed by atoms with Crippen LogP contribution in [0.25, 0.3) is 11.3 Å². The monoisotopic (exact) mass is 386 g/mol. The molecule has 2 N–H and O–H groups in total. The number of carbonyl (C=O) groups excluding carboxylic acids is 1. The van der Waals surface area contributed by atoms with Crippen LogP contribution in [-0.2, 0) is 18.4 Å². The van der Waals surface area contributed by atoms with E-state index in [0.717, 1.165) is 5.56 Å². The molecule has 0 saturated carbocycles. The summed E-state index contributed by atoms with van der Waals surface area (Å²) in [5.74, 6) is -0.448. The number of aromatic nitrogens is 5. The van der Waals surface area contributed by atoms with E-state index in [-0.39, 0.29) is 11.4 Å². The van der Waals surface area contributed by atoms with Crippen LogP contribution in [0.5, 0.6) is 5.75 Å². The quantitative estimate of drug-likeness (QED) is 0.628. The molecular weight excluding hydrogens is 362 g/mol. The van der Waals surface area contributed by atoms with E-state index in [2.05, 4.69) is 25.7 Å². The lowest BCUT2D eigenvalue weighted by molar-refractivity contribution is 0.0958. The number of hydrogen-bond acceptors (Lipinski definition) is 8. The highest BCUT2D eigenvalue weighted by atomic mass is 16.5. The zero-order valence-electron chi connectivity index (χ0n) is 18.6. The van der Waals surface area contributed by atoms with Crippen molar-refractivity contribution in [2.75, 3.05) is 26.5 Å². The van der Waals surface area contributed by atoms with Crippen molar-refractivity contribution >= 4 is 17.3 Å². The van der Waals surface area contributed by atoms with Crippen molar-refractivity contribution in [3.05, 3.63) is 41.9 Å². The van der Waals surface area contributed by atoms with Gasteiger partial charge in [-0.1, -0.05) is 0 Å². The molecule has 0 aliphatic heterocycles. The number of amides is 1. The van der Waals surface area contributed by atoms with E-state index in [9.17, 15) is 4.79 Å². The number of aryl methyl sites for hydroxylation is 1. The molecule has 28 heavy (non-hydrogen) atoms. The second kappa shape index (κ2) is 8.44. The normalized spacial score (nSPS) is 12.6. The Balaban J connectivity index is 2.08. The van der Waals surface area contributed by atoms with E-state index in [1.54, 1.807) is 26.4 Å². The van der Waals surface area contributed by atoms with Gasteiger partial charge in [-0.25, -0.2) is 0 Å². The molecule has 3 rings (SSSR count). The first-order valence-electron chi connectivity index (χ1n) is 9.69. The average Bonchev–Trinajstić information content (AvgIpc) is 3.13. The van der Waals surface area contributed by atoms with E-state index in [0.29, 0.717) is 29.3 Å². The molecule has 2 heterocycles. The molecule has 10 heteroatoms. The first-order valence-corrected chi connectivity index (χ1v) is 8.19. The van der Waals surface area contributed by atoms with Gasteiger partial charge in [0.25, 0.3) is 5.91 Å². The van der Waals surface area contributed by atoms with Gasteiger partial charge >= 0.3 is 0 Å². The standard InChI is InChI=1S/C18H21N7O3/c1-19-18(26)16-13(5-6-20-23-16)22-14-8-11(10-27-3)7-12(17(14)28-4)15-9-21-25(2)24-15/h5-9H,10H2,1-4H3,(H,19,26)(H,20,22)/i1D3. The smallest absolute Gasteiger partial charge is 0.273 e. The molecule has 146 valence electrons. The van der Waals surface area contributed by atoms with Crippen LogP contribution in [0.1, 0.15) is 20.2 Å². The number of anilines is 2. The summed E-state index contributed by atoms with van der Waals surface area (Å²) in [7, 11) is 4.78. The summed E-state index contributed by atoms with van der Waals surface area (Å²) in [5, 5.41) is 20.9. The van der Waals surface area contributed by atoms with Crippen molar-refractivity contribution in [2.24, 2.45) is 7.05 Å². The fourth-order valence-corrected chi connectivity index (χ4v) is 2.72. The number of benzene rings is 1. The van der Waals surface area contributed by atoms with Gasteiger partial charge in [0.1, 0.15) is 5.69 Å². The molecule has 0 spiro atoms. The van der Waals surface area contributed by atoms with Crippen LogP contribution in [0, 0.1) is 0 Å². The zero-order valence-corrected chi connectivity index (χ0v) is 15.6. The molecule has 0 fully saturated rings. The first kappa shape index (κ1) is 15.5. The Kier molecular flexibility index (Phi) is 4.68. The Morgan fingerprint density at radius 3 is 2.86 bits per heavy atom. The van der Waals surface area contributed by atoms with Gasteiger partial charge in [-0.15, -0.1) is 5.10 Å². The molecule has 1 aromatic carbocycles. The Morgan fingerprint density at radius 1 is 1.32 bits per heavy atom. The van der Waals surface area contributed by atoms with Crippen LogP contribution in [-0.4, -0.2) is 52.3 Å². The van der Waals surface area contributed by atoms with Crippen molar-refractivity contribution in [3.63, 3.8) is 0 Å². The molecule has 0 aliphatic carbocycles.